The van der Waals surface area contributed by atoms with Crippen LogP contribution >= 0.6 is 0 Å². The number of nitrogens with one attached hydrogen (secondary N) is 2. The third-order valence-corrected chi connectivity index (χ3v) is 4.90. The molecule has 17 nitrogen and oxygen atoms in total. The highest BCUT2D eigenvalue weighted by Crippen LogP contribution is 2.09. The van der Waals surface area contributed by atoms with Crippen LogP contribution in [-0.2, 0) is 27.7 Å². The number of aliphatic hydroxyl groups excluding tert-OH is 2. The zero-order valence-corrected chi connectivity index (χ0v) is 18.3. The number of anilines is 2. The largest absolute Gasteiger partial charge is 0.394 e. The van der Waals surface area contributed by atoms with Crippen molar-refractivity contribution in [1.82, 2.24) is 39.0 Å². The summed E-state index contributed by atoms with van der Waals surface area (Å²) in [5.74, 6) is -0.118. The van der Waals surface area contributed by atoms with Gasteiger partial charge in [-0.2, -0.15) is 9.97 Å². The Morgan fingerprint density at radius 1 is 0.829 bits per heavy atom. The maximum atomic E-state index is 11.8. The molecule has 0 spiro atoms. The third kappa shape index (κ3) is 5.44. The zero-order valence-electron chi connectivity index (χ0n) is 18.3. The van der Waals surface area contributed by atoms with Crippen LogP contribution in [0.1, 0.15) is 0 Å². The zero-order chi connectivity index (χ0) is 24.9. The summed E-state index contributed by atoms with van der Waals surface area (Å²) in [7, 11) is 0. The molecular weight excluding hydrogens is 468 g/mol. The number of H-pyrrole nitrogens is 2. The molecule has 0 saturated carbocycles. The fourth-order valence-corrected chi connectivity index (χ4v) is 3.14. The summed E-state index contributed by atoms with van der Waals surface area (Å²) in [5, 5.41) is 19.2. The van der Waals surface area contributed by atoms with E-state index in [2.05, 4.69) is 29.9 Å². The van der Waals surface area contributed by atoms with Crippen molar-refractivity contribution >= 4 is 34.2 Å². The highest BCUT2D eigenvalue weighted by Gasteiger charge is 2.16. The normalized spacial score (nSPS) is 13.5. The lowest BCUT2D eigenvalue weighted by Crippen LogP contribution is -2.30. The van der Waals surface area contributed by atoms with Crippen LogP contribution in [0.4, 0.5) is 11.9 Å². The standard InChI is InChI=1S/C18H24N10O7/c19-17-23-13-11(15(31)25-17)21-5-27(13)7-34-9(1-29)3-33-4-10(2-30)35-8-28-6-22-12-14(28)24-18(20)26-16(12)32/h5-6,9-10,29-30H,1-4,7-8H2,(H3,19,23,25,31)(H3,20,24,26,32). The average molecular weight is 492 g/mol. The molecule has 0 aromatic carbocycles. The van der Waals surface area contributed by atoms with Crippen LogP contribution in [0.5, 0.6) is 0 Å². The van der Waals surface area contributed by atoms with Gasteiger partial charge in [0.2, 0.25) is 11.9 Å². The van der Waals surface area contributed by atoms with E-state index in [1.165, 1.54) is 21.8 Å². The Kier molecular flexibility index (Phi) is 7.32. The van der Waals surface area contributed by atoms with Crippen molar-refractivity contribution in [3.8, 4) is 0 Å². The Morgan fingerprint density at radius 2 is 1.26 bits per heavy atom. The van der Waals surface area contributed by atoms with Crippen LogP contribution < -0.4 is 22.6 Å². The molecule has 0 fully saturated rings. The first kappa shape index (κ1) is 24.2. The summed E-state index contributed by atoms with van der Waals surface area (Å²) in [4.78, 5) is 44.4. The van der Waals surface area contributed by atoms with Gasteiger partial charge in [0, 0.05) is 0 Å². The summed E-state index contributed by atoms with van der Waals surface area (Å²) in [5.41, 5.74) is 10.9. The van der Waals surface area contributed by atoms with Crippen LogP contribution in [0.25, 0.3) is 22.3 Å². The predicted octanol–water partition coefficient (Wildman–Crippen LogP) is -2.90. The van der Waals surface area contributed by atoms with Gasteiger partial charge in [-0.3, -0.25) is 28.7 Å². The molecule has 4 aromatic heterocycles. The van der Waals surface area contributed by atoms with Gasteiger partial charge in [-0.15, -0.1) is 0 Å². The molecule has 2 unspecified atom stereocenters. The van der Waals surface area contributed by atoms with Crippen LogP contribution in [0, 0.1) is 0 Å². The maximum absolute atomic E-state index is 11.8. The lowest BCUT2D eigenvalue weighted by molar-refractivity contribution is -0.102. The van der Waals surface area contributed by atoms with E-state index < -0.39 is 23.3 Å². The number of fused-ring (bicyclic) bond motifs is 2. The third-order valence-electron chi connectivity index (χ3n) is 4.90. The first-order valence-electron chi connectivity index (χ1n) is 10.3. The second-order valence-electron chi connectivity index (χ2n) is 7.41. The van der Waals surface area contributed by atoms with Crippen molar-refractivity contribution in [2.75, 3.05) is 37.9 Å². The van der Waals surface area contributed by atoms with E-state index >= 15 is 0 Å². The molecule has 0 bridgehead atoms. The number of aromatic nitrogens is 8. The van der Waals surface area contributed by atoms with E-state index in [0.29, 0.717) is 0 Å². The Balaban J connectivity index is 1.28. The van der Waals surface area contributed by atoms with Gasteiger partial charge < -0.3 is 35.9 Å². The molecule has 35 heavy (non-hydrogen) atoms. The van der Waals surface area contributed by atoms with E-state index in [4.69, 9.17) is 25.7 Å². The lowest BCUT2D eigenvalue weighted by atomic mass is 10.4. The van der Waals surface area contributed by atoms with Gasteiger partial charge in [0.05, 0.1) is 39.1 Å². The van der Waals surface area contributed by atoms with Crippen molar-refractivity contribution in [2.45, 2.75) is 25.7 Å². The van der Waals surface area contributed by atoms with Crippen LogP contribution in [0.15, 0.2) is 22.2 Å². The monoisotopic (exact) mass is 492 g/mol. The van der Waals surface area contributed by atoms with Crippen molar-refractivity contribution in [1.29, 1.82) is 0 Å². The molecule has 0 saturated heterocycles. The number of aliphatic hydroxyl groups is 2. The summed E-state index contributed by atoms with van der Waals surface area (Å²) in [6.45, 7) is -0.860. The molecule has 4 rings (SSSR count). The Labute approximate surface area is 195 Å². The molecular formula is C18H24N10O7. The van der Waals surface area contributed by atoms with E-state index in [-0.39, 0.29) is 74.1 Å². The average Bonchev–Trinajstić information content (AvgIpc) is 3.42. The lowest BCUT2D eigenvalue weighted by Gasteiger charge is -2.19. The Bertz CT molecular complexity index is 1300. The minimum atomic E-state index is -0.720. The highest BCUT2D eigenvalue weighted by molar-refractivity contribution is 5.71. The van der Waals surface area contributed by atoms with Gasteiger partial charge in [-0.1, -0.05) is 0 Å². The number of nitrogens with two attached hydrogens (primary N) is 2. The molecule has 17 heteroatoms. The first-order valence-corrected chi connectivity index (χ1v) is 10.3. The number of imidazole rings is 2. The number of rotatable bonds is 12. The fraction of sp³-hybridized carbons (Fsp3) is 0.444. The van der Waals surface area contributed by atoms with Crippen molar-refractivity contribution < 1.29 is 24.4 Å². The van der Waals surface area contributed by atoms with Crippen molar-refractivity contribution in [2.24, 2.45) is 0 Å². The molecule has 0 aliphatic heterocycles. The number of nitrogen functional groups attached to an aromatic ring is 2. The predicted molar refractivity (Wildman–Crippen MR) is 120 cm³/mol. The van der Waals surface area contributed by atoms with Gasteiger partial charge in [-0.05, 0) is 0 Å². The van der Waals surface area contributed by atoms with Crippen LogP contribution in [-0.4, -0.2) is 87.9 Å². The Morgan fingerprint density at radius 3 is 1.66 bits per heavy atom. The topological polar surface area (TPSA) is 247 Å². The number of nitrogens with zero attached hydrogens (tertiary/aromatic N) is 6. The second-order valence-corrected chi connectivity index (χ2v) is 7.41. The number of ether oxygens (including phenoxy) is 3. The molecule has 0 radical (unpaired) electrons. The highest BCUT2D eigenvalue weighted by atomic mass is 16.6. The van der Waals surface area contributed by atoms with Gasteiger partial charge in [0.15, 0.2) is 22.3 Å². The van der Waals surface area contributed by atoms with Crippen LogP contribution in [0.3, 0.4) is 0 Å². The molecule has 0 aliphatic carbocycles. The molecule has 4 heterocycles. The first-order chi connectivity index (χ1) is 16.9. The Hall–Kier alpha value is -3.90. The molecule has 0 amide bonds. The van der Waals surface area contributed by atoms with Gasteiger partial charge in [-0.25, -0.2) is 9.97 Å². The van der Waals surface area contributed by atoms with Gasteiger partial charge in [0.25, 0.3) is 11.1 Å². The van der Waals surface area contributed by atoms with E-state index in [0.717, 1.165) is 0 Å². The van der Waals surface area contributed by atoms with Gasteiger partial charge in [0.1, 0.15) is 25.7 Å². The molecule has 4 aromatic rings. The SMILES string of the molecule is Nc1nc2c(ncn2COC(CO)COCC(CO)OCn2cnc3c(=O)[nH]c(N)nc32)c(=O)[nH]1. The minimum absolute atomic E-state index is 0.0133. The van der Waals surface area contributed by atoms with Crippen molar-refractivity contribution in [3.05, 3.63) is 33.4 Å². The summed E-state index contributed by atoms with van der Waals surface area (Å²) < 4.78 is 19.7. The molecule has 188 valence electrons. The summed E-state index contributed by atoms with van der Waals surface area (Å²) >= 11 is 0. The van der Waals surface area contributed by atoms with Crippen molar-refractivity contribution in [3.63, 3.8) is 0 Å². The minimum Gasteiger partial charge on any atom is -0.394 e. The second kappa shape index (κ2) is 10.6. The number of hydrogen-bond acceptors (Lipinski definition) is 13. The summed E-state index contributed by atoms with van der Waals surface area (Å²) in [6, 6.07) is 0. The molecule has 2 atom stereocenters. The number of hydrogen-bond donors (Lipinski definition) is 6. The van der Waals surface area contributed by atoms with Crippen LogP contribution in [0.2, 0.25) is 0 Å². The quantitative estimate of drug-likeness (QED) is 0.116. The smallest absolute Gasteiger partial charge is 0.280 e. The van der Waals surface area contributed by atoms with E-state index in [1.807, 2.05) is 0 Å². The molecule has 0 aliphatic rings. The summed E-state index contributed by atoms with van der Waals surface area (Å²) in [6.07, 6.45) is 1.30. The maximum Gasteiger partial charge on any atom is 0.280 e. The van der Waals surface area contributed by atoms with Gasteiger partial charge >= 0.3 is 0 Å². The van der Waals surface area contributed by atoms with E-state index in [9.17, 15) is 19.8 Å². The van der Waals surface area contributed by atoms with E-state index in [1.54, 1.807) is 0 Å². The molecule has 8 N–H and O–H groups in total. The fourth-order valence-electron chi connectivity index (χ4n) is 3.14. The number of aromatic amines is 2.